The molecule has 0 spiro atoms. The predicted molar refractivity (Wildman–Crippen MR) is 74.8 cm³/mol. The van der Waals surface area contributed by atoms with Crippen LogP contribution >= 0.6 is 11.3 Å². The van der Waals surface area contributed by atoms with Crippen molar-refractivity contribution in [2.24, 2.45) is 0 Å². The Morgan fingerprint density at radius 1 is 1.28 bits per heavy atom. The van der Waals surface area contributed by atoms with Crippen LogP contribution in [0.4, 0.5) is 5.69 Å². The van der Waals surface area contributed by atoms with Gasteiger partial charge in [-0.3, -0.25) is 0 Å². The van der Waals surface area contributed by atoms with Crippen LogP contribution in [0.15, 0.2) is 23.6 Å². The van der Waals surface area contributed by atoms with E-state index in [0.717, 1.165) is 39.8 Å². The molecule has 5 heteroatoms. The minimum Gasteiger partial charge on any atom is -0.399 e. The van der Waals surface area contributed by atoms with Gasteiger partial charge in [-0.15, -0.1) is 11.3 Å². The molecule has 0 aliphatic heterocycles. The Morgan fingerprint density at radius 2 is 2.11 bits per heavy atom. The molecule has 0 aliphatic carbocycles. The second-order valence-corrected chi connectivity index (χ2v) is 5.32. The Morgan fingerprint density at radius 3 is 2.83 bits per heavy atom. The fourth-order valence-corrected chi connectivity index (χ4v) is 2.84. The largest absolute Gasteiger partial charge is 0.399 e. The first kappa shape index (κ1) is 11.2. The van der Waals surface area contributed by atoms with E-state index in [-0.39, 0.29) is 0 Å². The number of benzene rings is 1. The standard InChI is InChI=1S/C13H14N4S/c1-8-7-18-13(15-8)6-17-9(2)16-11-5-10(14)3-4-12(11)17/h3-5,7H,6,14H2,1-2H3. The van der Waals surface area contributed by atoms with Gasteiger partial charge >= 0.3 is 0 Å². The number of nitrogens with zero attached hydrogens (tertiary/aromatic N) is 3. The number of hydrogen-bond donors (Lipinski definition) is 1. The van der Waals surface area contributed by atoms with Gasteiger partial charge in [-0.2, -0.15) is 0 Å². The summed E-state index contributed by atoms with van der Waals surface area (Å²) >= 11 is 1.68. The van der Waals surface area contributed by atoms with E-state index in [0.29, 0.717) is 0 Å². The van der Waals surface area contributed by atoms with Crippen LogP contribution in [0.1, 0.15) is 16.5 Å². The highest BCUT2D eigenvalue weighted by molar-refractivity contribution is 7.09. The molecule has 1 aromatic carbocycles. The lowest BCUT2D eigenvalue weighted by atomic mass is 10.3. The van der Waals surface area contributed by atoms with Crippen molar-refractivity contribution in [2.45, 2.75) is 20.4 Å². The van der Waals surface area contributed by atoms with Gasteiger partial charge in [0.2, 0.25) is 0 Å². The highest BCUT2D eigenvalue weighted by Gasteiger charge is 2.09. The number of nitrogen functional groups attached to an aromatic ring is 1. The van der Waals surface area contributed by atoms with Crippen LogP contribution in [0.2, 0.25) is 0 Å². The van der Waals surface area contributed by atoms with Crippen molar-refractivity contribution in [3.63, 3.8) is 0 Å². The number of anilines is 1. The molecule has 0 atom stereocenters. The van der Waals surface area contributed by atoms with Crippen molar-refractivity contribution in [1.29, 1.82) is 0 Å². The molecule has 4 nitrogen and oxygen atoms in total. The average molecular weight is 258 g/mol. The van der Waals surface area contributed by atoms with E-state index in [1.54, 1.807) is 11.3 Å². The fourth-order valence-electron chi connectivity index (χ4n) is 2.08. The molecule has 3 rings (SSSR count). The van der Waals surface area contributed by atoms with Crippen LogP contribution in [0.25, 0.3) is 11.0 Å². The van der Waals surface area contributed by atoms with E-state index >= 15 is 0 Å². The van der Waals surface area contributed by atoms with Gasteiger partial charge in [-0.05, 0) is 32.0 Å². The molecule has 0 fully saturated rings. The number of imidazole rings is 1. The first-order valence-electron chi connectivity index (χ1n) is 5.77. The fraction of sp³-hybridized carbons (Fsp3) is 0.231. The summed E-state index contributed by atoms with van der Waals surface area (Å²) in [4.78, 5) is 9.03. The second kappa shape index (κ2) is 4.10. The zero-order valence-corrected chi connectivity index (χ0v) is 11.2. The lowest BCUT2D eigenvalue weighted by molar-refractivity contribution is 0.778. The lowest BCUT2D eigenvalue weighted by Gasteiger charge is -2.04. The molecule has 0 bridgehead atoms. The second-order valence-electron chi connectivity index (χ2n) is 4.38. The van der Waals surface area contributed by atoms with Gasteiger partial charge in [0, 0.05) is 16.8 Å². The maximum absolute atomic E-state index is 5.78. The smallest absolute Gasteiger partial charge is 0.113 e. The number of aryl methyl sites for hydroxylation is 2. The molecule has 2 heterocycles. The summed E-state index contributed by atoms with van der Waals surface area (Å²) in [7, 11) is 0. The average Bonchev–Trinajstić information content (AvgIpc) is 2.84. The SMILES string of the molecule is Cc1csc(Cn2c(C)nc3cc(N)ccc32)n1. The van der Waals surface area contributed by atoms with Crippen molar-refractivity contribution in [3.05, 3.63) is 40.1 Å². The minimum atomic E-state index is 0.747. The van der Waals surface area contributed by atoms with Gasteiger partial charge < -0.3 is 10.3 Å². The van der Waals surface area contributed by atoms with E-state index in [1.165, 1.54) is 0 Å². The molecule has 2 aromatic heterocycles. The monoisotopic (exact) mass is 258 g/mol. The Bertz CT molecular complexity index is 711. The molecule has 0 saturated carbocycles. The highest BCUT2D eigenvalue weighted by Crippen LogP contribution is 2.21. The Hall–Kier alpha value is -1.88. The van der Waals surface area contributed by atoms with E-state index in [4.69, 9.17) is 5.73 Å². The third-order valence-corrected chi connectivity index (χ3v) is 3.87. The number of rotatable bonds is 2. The number of thiazole rings is 1. The van der Waals surface area contributed by atoms with Gasteiger partial charge in [0.05, 0.1) is 17.6 Å². The summed E-state index contributed by atoms with van der Waals surface area (Å²) in [5.74, 6) is 0.989. The van der Waals surface area contributed by atoms with Gasteiger partial charge in [0.15, 0.2) is 0 Å². The van der Waals surface area contributed by atoms with Crippen molar-refractivity contribution in [2.75, 3.05) is 5.73 Å². The third-order valence-electron chi connectivity index (χ3n) is 2.92. The Balaban J connectivity index is 2.08. The van der Waals surface area contributed by atoms with Crippen molar-refractivity contribution >= 4 is 28.1 Å². The Labute approximate surface area is 109 Å². The summed E-state index contributed by atoms with van der Waals surface area (Å²) in [5, 5.41) is 3.17. The summed E-state index contributed by atoms with van der Waals surface area (Å²) in [5.41, 5.74) is 9.65. The molecule has 0 aliphatic rings. The predicted octanol–water partition coefficient (Wildman–Crippen LogP) is 2.74. The molecule has 18 heavy (non-hydrogen) atoms. The summed E-state index contributed by atoms with van der Waals surface area (Å²) in [6.45, 7) is 4.79. The molecular weight excluding hydrogens is 244 g/mol. The van der Waals surface area contributed by atoms with Gasteiger partial charge in [-0.25, -0.2) is 9.97 Å². The van der Waals surface area contributed by atoms with Crippen LogP contribution in [0.3, 0.4) is 0 Å². The number of fused-ring (bicyclic) bond motifs is 1. The van der Waals surface area contributed by atoms with Crippen molar-refractivity contribution in [1.82, 2.24) is 14.5 Å². The molecule has 3 aromatic rings. The topological polar surface area (TPSA) is 56.7 Å². The number of nitrogens with two attached hydrogens (primary N) is 1. The molecule has 92 valence electrons. The first-order chi connectivity index (χ1) is 8.63. The van der Waals surface area contributed by atoms with E-state index in [9.17, 15) is 0 Å². The quantitative estimate of drug-likeness (QED) is 0.719. The minimum absolute atomic E-state index is 0.747. The van der Waals surface area contributed by atoms with Gasteiger partial charge in [0.25, 0.3) is 0 Å². The Kier molecular flexibility index (Phi) is 2.56. The maximum Gasteiger partial charge on any atom is 0.113 e. The summed E-state index contributed by atoms with van der Waals surface area (Å²) in [6.07, 6.45) is 0. The lowest BCUT2D eigenvalue weighted by Crippen LogP contribution is -2.01. The van der Waals surface area contributed by atoms with E-state index in [2.05, 4.69) is 19.9 Å². The van der Waals surface area contributed by atoms with Crippen LogP contribution < -0.4 is 5.73 Å². The molecular formula is C13H14N4S. The number of hydrogen-bond acceptors (Lipinski definition) is 4. The summed E-state index contributed by atoms with van der Waals surface area (Å²) in [6, 6.07) is 5.84. The van der Waals surface area contributed by atoms with Crippen LogP contribution in [-0.2, 0) is 6.54 Å². The molecule has 0 amide bonds. The first-order valence-corrected chi connectivity index (χ1v) is 6.65. The van der Waals surface area contributed by atoms with Crippen molar-refractivity contribution in [3.8, 4) is 0 Å². The van der Waals surface area contributed by atoms with Crippen molar-refractivity contribution < 1.29 is 0 Å². The third kappa shape index (κ3) is 1.86. The maximum atomic E-state index is 5.78. The van der Waals surface area contributed by atoms with Crippen LogP contribution in [0.5, 0.6) is 0 Å². The van der Waals surface area contributed by atoms with Crippen LogP contribution in [0, 0.1) is 13.8 Å². The highest BCUT2D eigenvalue weighted by atomic mass is 32.1. The molecule has 2 N–H and O–H groups in total. The molecule has 0 unspecified atom stereocenters. The van der Waals surface area contributed by atoms with Crippen LogP contribution in [-0.4, -0.2) is 14.5 Å². The molecule has 0 radical (unpaired) electrons. The zero-order valence-electron chi connectivity index (χ0n) is 10.3. The normalized spacial score (nSPS) is 11.2. The van der Waals surface area contributed by atoms with E-state index < -0.39 is 0 Å². The van der Waals surface area contributed by atoms with E-state index in [1.807, 2.05) is 32.0 Å². The zero-order chi connectivity index (χ0) is 12.7. The summed E-state index contributed by atoms with van der Waals surface area (Å²) < 4.78 is 2.17. The number of aromatic nitrogens is 3. The molecule has 0 saturated heterocycles. The van der Waals surface area contributed by atoms with Gasteiger partial charge in [-0.1, -0.05) is 0 Å². The van der Waals surface area contributed by atoms with Gasteiger partial charge in [0.1, 0.15) is 10.8 Å².